The molecule has 1 aliphatic rings. The summed E-state index contributed by atoms with van der Waals surface area (Å²) in [5, 5.41) is 15.6. The number of hydrogen-bond acceptors (Lipinski definition) is 7. The van der Waals surface area contributed by atoms with Crippen molar-refractivity contribution in [1.82, 2.24) is 20.9 Å². The number of aromatic nitrogens is 1. The Morgan fingerprint density at radius 2 is 1.86 bits per heavy atom. The Balaban J connectivity index is 1.69. The Bertz CT molecular complexity index is 1120. The number of amides is 3. The number of aromatic amines is 1. The SMILES string of the molecule is CC(=O)N[C@@H](Cc1c[nH]c2ccccc12)C(=O)N[C@@H](CCC(=O)C=N)C(=O)NCC(=O)OC1CC1. The van der Waals surface area contributed by atoms with Gasteiger partial charge in [0.25, 0.3) is 0 Å². The molecule has 0 unspecified atom stereocenters. The van der Waals surface area contributed by atoms with Crippen LogP contribution < -0.4 is 16.0 Å². The van der Waals surface area contributed by atoms with Crippen LogP contribution >= 0.6 is 0 Å². The van der Waals surface area contributed by atoms with Gasteiger partial charge in [-0.2, -0.15) is 0 Å². The molecule has 1 saturated carbocycles. The molecule has 2 atom stereocenters. The van der Waals surface area contributed by atoms with Crippen LogP contribution in [-0.4, -0.2) is 65.4 Å². The first-order valence-electron chi connectivity index (χ1n) is 11.4. The van der Waals surface area contributed by atoms with Gasteiger partial charge in [-0.3, -0.25) is 24.0 Å². The zero-order valence-electron chi connectivity index (χ0n) is 19.4. The maximum absolute atomic E-state index is 13.1. The van der Waals surface area contributed by atoms with E-state index in [0.29, 0.717) is 6.21 Å². The van der Waals surface area contributed by atoms with Crippen LogP contribution in [0, 0.1) is 5.41 Å². The average molecular weight is 484 g/mol. The molecule has 0 radical (unpaired) electrons. The molecule has 11 nitrogen and oxygen atoms in total. The zero-order valence-corrected chi connectivity index (χ0v) is 19.4. The molecule has 5 N–H and O–H groups in total. The lowest BCUT2D eigenvalue weighted by Crippen LogP contribution is -2.54. The number of carbonyl (C=O) groups excluding carboxylic acids is 5. The fraction of sp³-hybridized carbons (Fsp3) is 0.417. The van der Waals surface area contributed by atoms with Crippen molar-refractivity contribution in [2.45, 2.75) is 57.2 Å². The molecule has 186 valence electrons. The van der Waals surface area contributed by atoms with Crippen molar-refractivity contribution < 1.29 is 28.7 Å². The number of rotatable bonds is 13. The highest BCUT2D eigenvalue weighted by Gasteiger charge is 2.29. The van der Waals surface area contributed by atoms with Crippen LogP contribution in [0.15, 0.2) is 30.5 Å². The molecule has 0 spiro atoms. The number of ether oxygens (including phenoxy) is 1. The van der Waals surface area contributed by atoms with Crippen molar-refractivity contribution in [3.8, 4) is 0 Å². The normalized spacial score (nSPS) is 14.4. The van der Waals surface area contributed by atoms with Gasteiger partial charge in [0.2, 0.25) is 17.7 Å². The minimum absolute atomic E-state index is 0.0800. The Labute approximate surface area is 201 Å². The number of Topliss-reactive ketones (excluding diaryl/α,β-unsaturated/α-hetero) is 1. The topological polar surface area (TPSA) is 170 Å². The third-order valence-electron chi connectivity index (χ3n) is 5.50. The summed E-state index contributed by atoms with van der Waals surface area (Å²) < 4.78 is 5.09. The van der Waals surface area contributed by atoms with Crippen molar-refractivity contribution >= 4 is 46.6 Å². The van der Waals surface area contributed by atoms with E-state index >= 15 is 0 Å². The lowest BCUT2D eigenvalue weighted by atomic mass is 10.0. The predicted octanol–water partition coefficient (Wildman–Crippen LogP) is 0.521. The van der Waals surface area contributed by atoms with Crippen molar-refractivity contribution in [1.29, 1.82) is 5.41 Å². The molecular formula is C24H29N5O6. The Morgan fingerprint density at radius 3 is 2.54 bits per heavy atom. The third-order valence-corrected chi connectivity index (χ3v) is 5.50. The molecule has 0 saturated heterocycles. The second-order valence-corrected chi connectivity index (χ2v) is 8.43. The number of nitrogens with one attached hydrogen (secondary N) is 5. The second-order valence-electron chi connectivity index (χ2n) is 8.43. The quantitative estimate of drug-likeness (QED) is 0.205. The highest BCUT2D eigenvalue weighted by atomic mass is 16.5. The summed E-state index contributed by atoms with van der Waals surface area (Å²) in [7, 11) is 0. The van der Waals surface area contributed by atoms with E-state index in [1.54, 1.807) is 6.20 Å². The van der Waals surface area contributed by atoms with Crippen LogP contribution in [0.5, 0.6) is 0 Å². The van der Waals surface area contributed by atoms with E-state index in [1.165, 1.54) is 6.92 Å². The van der Waals surface area contributed by atoms with Gasteiger partial charge in [0.05, 0.1) is 6.21 Å². The van der Waals surface area contributed by atoms with Crippen LogP contribution in [-0.2, 0) is 35.1 Å². The van der Waals surface area contributed by atoms with E-state index in [9.17, 15) is 24.0 Å². The minimum atomic E-state index is -1.15. The van der Waals surface area contributed by atoms with Crippen LogP contribution in [0.25, 0.3) is 10.9 Å². The molecule has 11 heteroatoms. The molecule has 1 aliphatic carbocycles. The number of carbonyl (C=O) groups is 5. The molecule has 1 fully saturated rings. The largest absolute Gasteiger partial charge is 0.461 e. The van der Waals surface area contributed by atoms with Crippen molar-refractivity contribution in [3.05, 3.63) is 36.0 Å². The van der Waals surface area contributed by atoms with Gasteiger partial charge < -0.3 is 31.1 Å². The smallest absolute Gasteiger partial charge is 0.325 e. The number of H-pyrrole nitrogens is 1. The number of para-hydroxylation sites is 1. The Kier molecular flexibility index (Phi) is 8.71. The van der Waals surface area contributed by atoms with E-state index in [4.69, 9.17) is 10.1 Å². The molecule has 1 heterocycles. The molecular weight excluding hydrogens is 454 g/mol. The van der Waals surface area contributed by atoms with E-state index < -0.39 is 41.6 Å². The van der Waals surface area contributed by atoms with Gasteiger partial charge in [-0.15, -0.1) is 0 Å². The molecule has 0 aliphatic heterocycles. The van der Waals surface area contributed by atoms with Gasteiger partial charge in [-0.05, 0) is 30.9 Å². The number of ketones is 1. The van der Waals surface area contributed by atoms with Gasteiger partial charge in [0.15, 0.2) is 5.78 Å². The molecule has 35 heavy (non-hydrogen) atoms. The monoisotopic (exact) mass is 483 g/mol. The Morgan fingerprint density at radius 1 is 1.11 bits per heavy atom. The molecule has 3 amide bonds. The standard InChI is InChI=1S/C24H29N5O6/c1-14(30)28-21(10-15-12-26-19-5-3-2-4-18(15)19)24(34)29-20(9-6-16(31)11-25)23(33)27-13-22(32)35-17-7-8-17/h2-5,11-12,17,20-21,25-26H,6-10,13H2,1H3,(H,27,33)(H,28,30)(H,29,34)/t20-,21-/m0/s1. The van der Waals surface area contributed by atoms with Crippen molar-refractivity contribution in [3.63, 3.8) is 0 Å². The van der Waals surface area contributed by atoms with Gasteiger partial charge in [-0.25, -0.2) is 0 Å². The summed E-state index contributed by atoms with van der Waals surface area (Å²) in [5.41, 5.74) is 1.68. The maximum Gasteiger partial charge on any atom is 0.325 e. The zero-order chi connectivity index (χ0) is 25.4. The highest BCUT2D eigenvalue weighted by molar-refractivity contribution is 6.26. The maximum atomic E-state index is 13.1. The molecule has 1 aromatic carbocycles. The predicted molar refractivity (Wildman–Crippen MR) is 127 cm³/mol. The third kappa shape index (κ3) is 7.76. The van der Waals surface area contributed by atoms with Gasteiger partial charge >= 0.3 is 5.97 Å². The van der Waals surface area contributed by atoms with Gasteiger partial charge in [0.1, 0.15) is 24.7 Å². The average Bonchev–Trinajstić information content (AvgIpc) is 3.56. The van der Waals surface area contributed by atoms with Crippen LogP contribution in [0.1, 0.15) is 38.2 Å². The second kappa shape index (κ2) is 11.9. The summed E-state index contributed by atoms with van der Waals surface area (Å²) in [6.07, 6.45) is 3.81. The number of hydrogen-bond donors (Lipinski definition) is 5. The van der Waals surface area contributed by atoms with Crippen LogP contribution in [0.4, 0.5) is 0 Å². The molecule has 0 bridgehead atoms. The van der Waals surface area contributed by atoms with Crippen LogP contribution in [0.2, 0.25) is 0 Å². The fourth-order valence-electron chi connectivity index (χ4n) is 3.57. The van der Waals surface area contributed by atoms with E-state index in [1.807, 2.05) is 24.3 Å². The molecule has 2 aromatic rings. The lowest BCUT2D eigenvalue weighted by Gasteiger charge is -2.22. The summed E-state index contributed by atoms with van der Waals surface area (Å²) in [4.78, 5) is 64.2. The van der Waals surface area contributed by atoms with Gasteiger partial charge in [-0.1, -0.05) is 18.2 Å². The Hall–Kier alpha value is -4.02. The van der Waals surface area contributed by atoms with Gasteiger partial charge in [0, 0.05) is 36.9 Å². The summed E-state index contributed by atoms with van der Waals surface area (Å²) in [5.74, 6) is -2.81. The number of esters is 1. The summed E-state index contributed by atoms with van der Waals surface area (Å²) >= 11 is 0. The van der Waals surface area contributed by atoms with E-state index in [0.717, 1.165) is 29.3 Å². The first-order chi connectivity index (χ1) is 16.8. The summed E-state index contributed by atoms with van der Waals surface area (Å²) in [6.45, 7) is 0.915. The molecule has 1 aromatic heterocycles. The van der Waals surface area contributed by atoms with Crippen molar-refractivity contribution in [2.75, 3.05) is 6.54 Å². The number of fused-ring (bicyclic) bond motifs is 1. The number of benzene rings is 1. The summed E-state index contributed by atoms with van der Waals surface area (Å²) in [6, 6.07) is 5.38. The minimum Gasteiger partial charge on any atom is -0.461 e. The molecule has 3 rings (SSSR count). The van der Waals surface area contributed by atoms with E-state index in [2.05, 4.69) is 20.9 Å². The first-order valence-corrected chi connectivity index (χ1v) is 11.4. The lowest BCUT2D eigenvalue weighted by molar-refractivity contribution is -0.145. The van der Waals surface area contributed by atoms with Crippen LogP contribution in [0.3, 0.4) is 0 Å². The fourth-order valence-corrected chi connectivity index (χ4v) is 3.57. The van der Waals surface area contributed by atoms with E-state index in [-0.39, 0.29) is 31.9 Å². The highest BCUT2D eigenvalue weighted by Crippen LogP contribution is 2.23. The first kappa shape index (κ1) is 25.6. The van der Waals surface area contributed by atoms with Crippen molar-refractivity contribution in [2.24, 2.45) is 0 Å².